The lowest BCUT2D eigenvalue weighted by molar-refractivity contribution is 0.0955. The third kappa shape index (κ3) is 3.89. The highest BCUT2D eigenvalue weighted by Crippen LogP contribution is 2.22. The van der Waals surface area contributed by atoms with E-state index in [2.05, 4.69) is 36.6 Å². The molecule has 0 aliphatic heterocycles. The molecule has 0 radical (unpaired) electrons. The summed E-state index contributed by atoms with van der Waals surface area (Å²) in [6.45, 7) is 0. The Labute approximate surface area is 142 Å². The number of pyridine rings is 1. The van der Waals surface area contributed by atoms with E-state index >= 15 is 0 Å². The first-order valence-corrected chi connectivity index (χ1v) is 8.34. The molecule has 1 fully saturated rings. The van der Waals surface area contributed by atoms with E-state index in [0.717, 1.165) is 30.2 Å². The molecular weight excluding hydrogens is 362 g/mol. The van der Waals surface area contributed by atoms with Gasteiger partial charge < -0.3 is 15.7 Å². The van der Waals surface area contributed by atoms with Crippen molar-refractivity contribution in [2.24, 2.45) is 0 Å². The maximum absolute atomic E-state index is 12.3. The van der Waals surface area contributed by atoms with Gasteiger partial charge in [-0.2, -0.15) is 5.10 Å². The lowest BCUT2D eigenvalue weighted by atomic mass is 9.93. The third-order valence-electron chi connectivity index (χ3n) is 3.85. The van der Waals surface area contributed by atoms with Gasteiger partial charge in [0.25, 0.3) is 0 Å². The number of hydrogen-bond acceptors (Lipinski definition) is 4. The number of halogens is 1. The second kappa shape index (κ2) is 7.10. The number of urea groups is 1. The van der Waals surface area contributed by atoms with E-state index < -0.39 is 6.10 Å². The van der Waals surface area contributed by atoms with Crippen molar-refractivity contribution in [2.45, 2.75) is 37.8 Å². The van der Waals surface area contributed by atoms with Gasteiger partial charge in [-0.05, 0) is 40.9 Å². The summed E-state index contributed by atoms with van der Waals surface area (Å²) in [4.78, 5) is 16.6. The lowest BCUT2D eigenvalue weighted by Crippen LogP contribution is -2.46. The van der Waals surface area contributed by atoms with Gasteiger partial charge in [0.1, 0.15) is 0 Å². The van der Waals surface area contributed by atoms with Crippen LogP contribution in [-0.4, -0.2) is 38.0 Å². The molecule has 1 aliphatic rings. The lowest BCUT2D eigenvalue weighted by Gasteiger charge is -2.28. The fraction of sp³-hybridized carbons (Fsp3) is 0.400. The average Bonchev–Trinajstić information content (AvgIpc) is 3.04. The number of nitrogens with zero attached hydrogens (tertiary/aromatic N) is 3. The Bertz CT molecular complexity index is 677. The number of amides is 2. The summed E-state index contributed by atoms with van der Waals surface area (Å²) >= 11 is 3.35. The molecule has 1 saturated carbocycles. The van der Waals surface area contributed by atoms with Gasteiger partial charge in [0.2, 0.25) is 0 Å². The van der Waals surface area contributed by atoms with Crippen LogP contribution in [0, 0.1) is 0 Å². The molecular formula is C15H18BrN5O2. The zero-order valence-electron chi connectivity index (χ0n) is 12.4. The molecule has 2 amide bonds. The predicted octanol–water partition coefficient (Wildman–Crippen LogP) is 2.45. The van der Waals surface area contributed by atoms with Crippen molar-refractivity contribution >= 4 is 27.6 Å². The fourth-order valence-corrected chi connectivity index (χ4v) is 3.04. The van der Waals surface area contributed by atoms with Gasteiger partial charge in [-0.15, -0.1) is 0 Å². The monoisotopic (exact) mass is 379 g/mol. The van der Waals surface area contributed by atoms with Crippen LogP contribution in [0.1, 0.15) is 25.7 Å². The first-order valence-electron chi connectivity index (χ1n) is 7.54. The van der Waals surface area contributed by atoms with Gasteiger partial charge >= 0.3 is 6.03 Å². The largest absolute Gasteiger partial charge is 0.391 e. The molecule has 23 heavy (non-hydrogen) atoms. The Kier molecular flexibility index (Phi) is 4.92. The van der Waals surface area contributed by atoms with Crippen LogP contribution in [0.2, 0.25) is 0 Å². The second-order valence-corrected chi connectivity index (χ2v) is 6.45. The summed E-state index contributed by atoms with van der Waals surface area (Å²) < 4.78 is 2.33. The topological polar surface area (TPSA) is 92.1 Å². The molecule has 1 aliphatic carbocycles. The summed E-state index contributed by atoms with van der Waals surface area (Å²) in [7, 11) is 0. The van der Waals surface area contributed by atoms with Gasteiger partial charge in [-0.25, -0.2) is 14.5 Å². The standard InChI is InChI=1S/C15H18BrN5O2/c16-10-8-12(14(17-9-10)21-7-3-6-18-21)20-15(23)19-11-4-1-2-5-13(11)22/h3,6-9,11,13,22H,1-2,4-5H2,(H2,19,20,23)/t11-,13-/m0/s1. The van der Waals surface area contributed by atoms with Crippen molar-refractivity contribution in [2.75, 3.05) is 5.32 Å². The zero-order valence-corrected chi connectivity index (χ0v) is 14.0. The first-order chi connectivity index (χ1) is 11.1. The molecule has 0 saturated heterocycles. The molecule has 0 bridgehead atoms. The third-order valence-corrected chi connectivity index (χ3v) is 4.28. The van der Waals surface area contributed by atoms with Crippen molar-refractivity contribution in [1.29, 1.82) is 0 Å². The van der Waals surface area contributed by atoms with Gasteiger partial charge in [0.05, 0.1) is 17.8 Å². The molecule has 3 rings (SSSR count). The molecule has 2 heterocycles. The van der Waals surface area contributed by atoms with Crippen LogP contribution in [0.15, 0.2) is 35.2 Å². The molecule has 2 atom stereocenters. The Morgan fingerprint density at radius 3 is 2.96 bits per heavy atom. The Hall–Kier alpha value is -1.93. The van der Waals surface area contributed by atoms with E-state index in [0.29, 0.717) is 11.5 Å². The minimum Gasteiger partial charge on any atom is -0.391 e. The highest BCUT2D eigenvalue weighted by molar-refractivity contribution is 9.10. The van der Waals surface area contributed by atoms with Crippen molar-refractivity contribution in [3.05, 3.63) is 35.2 Å². The normalized spacial score (nSPS) is 21.0. The average molecular weight is 380 g/mol. The molecule has 0 aromatic carbocycles. The van der Waals surface area contributed by atoms with Gasteiger partial charge in [0, 0.05) is 23.1 Å². The van der Waals surface area contributed by atoms with Crippen molar-refractivity contribution < 1.29 is 9.90 Å². The van der Waals surface area contributed by atoms with Crippen LogP contribution in [0.4, 0.5) is 10.5 Å². The molecule has 3 N–H and O–H groups in total. The molecule has 2 aromatic heterocycles. The van der Waals surface area contributed by atoms with Crippen molar-refractivity contribution in [3.8, 4) is 5.82 Å². The van der Waals surface area contributed by atoms with Gasteiger partial charge in [0.15, 0.2) is 5.82 Å². The highest BCUT2D eigenvalue weighted by atomic mass is 79.9. The summed E-state index contributed by atoms with van der Waals surface area (Å²) in [6.07, 6.45) is 8.08. The number of rotatable bonds is 3. The molecule has 0 spiro atoms. The van der Waals surface area contributed by atoms with E-state index in [9.17, 15) is 9.90 Å². The first kappa shape index (κ1) is 15.9. The maximum atomic E-state index is 12.3. The van der Waals surface area contributed by atoms with Crippen LogP contribution in [0.5, 0.6) is 0 Å². The molecule has 2 aromatic rings. The SMILES string of the molecule is O=C(Nc1cc(Br)cnc1-n1cccn1)N[C@H]1CCCC[C@@H]1O. The van der Waals surface area contributed by atoms with Crippen molar-refractivity contribution in [3.63, 3.8) is 0 Å². The molecule has 0 unspecified atom stereocenters. The molecule has 8 heteroatoms. The Morgan fingerprint density at radius 2 is 2.22 bits per heavy atom. The number of aliphatic hydroxyl groups excluding tert-OH is 1. The van der Waals surface area contributed by atoms with E-state index in [4.69, 9.17) is 0 Å². The number of anilines is 1. The minimum atomic E-state index is -0.485. The van der Waals surface area contributed by atoms with E-state index in [1.807, 2.05) is 0 Å². The van der Waals surface area contributed by atoms with Gasteiger partial charge in [-0.3, -0.25) is 0 Å². The van der Waals surface area contributed by atoms with Crippen LogP contribution in [-0.2, 0) is 0 Å². The van der Waals surface area contributed by atoms with Crippen LogP contribution >= 0.6 is 15.9 Å². The van der Waals surface area contributed by atoms with Crippen molar-refractivity contribution in [1.82, 2.24) is 20.1 Å². The number of nitrogens with one attached hydrogen (secondary N) is 2. The van der Waals surface area contributed by atoms with Gasteiger partial charge in [-0.1, -0.05) is 12.8 Å². The summed E-state index contributed by atoms with van der Waals surface area (Å²) in [5.74, 6) is 0.526. The van der Waals surface area contributed by atoms with Crippen LogP contribution < -0.4 is 10.6 Å². The maximum Gasteiger partial charge on any atom is 0.319 e. The fourth-order valence-electron chi connectivity index (χ4n) is 2.71. The van der Waals surface area contributed by atoms with E-state index in [-0.39, 0.29) is 12.1 Å². The smallest absolute Gasteiger partial charge is 0.319 e. The van der Waals surface area contributed by atoms with Crippen LogP contribution in [0.3, 0.4) is 0 Å². The highest BCUT2D eigenvalue weighted by Gasteiger charge is 2.24. The zero-order chi connectivity index (χ0) is 16.2. The Balaban J connectivity index is 1.74. The quantitative estimate of drug-likeness (QED) is 0.763. The van der Waals surface area contributed by atoms with E-state index in [1.54, 1.807) is 35.4 Å². The molecule has 122 valence electrons. The van der Waals surface area contributed by atoms with E-state index in [1.165, 1.54) is 0 Å². The second-order valence-electron chi connectivity index (χ2n) is 5.53. The summed E-state index contributed by atoms with van der Waals surface area (Å²) in [5.41, 5.74) is 0.533. The predicted molar refractivity (Wildman–Crippen MR) is 89.5 cm³/mol. The Morgan fingerprint density at radius 1 is 1.39 bits per heavy atom. The number of aliphatic hydroxyl groups is 1. The van der Waals surface area contributed by atoms with Crippen LogP contribution in [0.25, 0.3) is 5.82 Å². The molecule has 7 nitrogen and oxygen atoms in total. The summed E-state index contributed by atoms with van der Waals surface area (Å²) in [6, 6.07) is 2.98. The number of aromatic nitrogens is 3. The summed E-state index contributed by atoms with van der Waals surface area (Å²) in [5, 5.41) is 19.7. The number of hydrogen-bond donors (Lipinski definition) is 3. The number of carbonyl (C=O) groups excluding carboxylic acids is 1. The number of carbonyl (C=O) groups is 1. The minimum absolute atomic E-state index is 0.211.